The van der Waals surface area contributed by atoms with Crippen molar-refractivity contribution in [2.24, 2.45) is 0 Å². The second kappa shape index (κ2) is 12.2. The molecule has 0 aliphatic heterocycles. The number of benzene rings is 1. The number of amides is 3. The number of thioether (sulfide) groups is 1. The smallest absolute Gasteiger partial charge is 0.408 e. The van der Waals surface area contributed by atoms with Gasteiger partial charge in [0.1, 0.15) is 17.4 Å². The maximum absolute atomic E-state index is 13.4. The lowest BCUT2D eigenvalue weighted by Crippen LogP contribution is -2.52. The Kier molecular flexibility index (Phi) is 10.4. The summed E-state index contributed by atoms with van der Waals surface area (Å²) >= 11 is 1.50. The summed E-state index contributed by atoms with van der Waals surface area (Å²) in [6.45, 7) is 8.68. The lowest BCUT2D eigenvalue weighted by Gasteiger charge is -2.31. The molecule has 9 heteroatoms. The first kappa shape index (κ1) is 27.2. The molecule has 0 spiro atoms. The second-order valence-electron chi connectivity index (χ2n) is 8.44. The van der Waals surface area contributed by atoms with E-state index in [9.17, 15) is 19.5 Å². The standard InChI is InChI=1S/C23H33N3O5S/c1-8-26(19(20(28)24-15(2)3)16-11-9-10-12-18(16)27)21(29)17(13-14-32-7)25-22(30)31-23(4,5)6/h1,9-12,15,17,19,27H,13-14H2,2-7H3,(H,24,28)(H,25,30). The third kappa shape index (κ3) is 8.35. The van der Waals surface area contributed by atoms with Crippen molar-refractivity contribution in [3.05, 3.63) is 29.8 Å². The Balaban J connectivity index is 3.34. The highest BCUT2D eigenvalue weighted by Gasteiger charge is 2.37. The fourth-order valence-corrected chi connectivity index (χ4v) is 3.33. The van der Waals surface area contributed by atoms with E-state index in [1.165, 1.54) is 23.9 Å². The van der Waals surface area contributed by atoms with Crippen molar-refractivity contribution in [1.82, 2.24) is 15.5 Å². The number of rotatable bonds is 9. The molecular formula is C23H33N3O5S. The van der Waals surface area contributed by atoms with Crippen LogP contribution in [-0.4, -0.2) is 57.6 Å². The minimum atomic E-state index is -1.28. The molecule has 176 valence electrons. The van der Waals surface area contributed by atoms with Crippen molar-refractivity contribution in [2.75, 3.05) is 12.0 Å². The van der Waals surface area contributed by atoms with Crippen LogP contribution in [0.5, 0.6) is 5.75 Å². The number of ether oxygens (including phenoxy) is 1. The van der Waals surface area contributed by atoms with Gasteiger partial charge in [-0.15, -0.1) is 0 Å². The van der Waals surface area contributed by atoms with Crippen LogP contribution in [0.4, 0.5) is 4.79 Å². The van der Waals surface area contributed by atoms with Crippen LogP contribution in [0.15, 0.2) is 24.3 Å². The Morgan fingerprint density at radius 3 is 2.34 bits per heavy atom. The van der Waals surface area contributed by atoms with Crippen LogP contribution in [0.3, 0.4) is 0 Å². The third-order valence-electron chi connectivity index (χ3n) is 4.15. The van der Waals surface area contributed by atoms with Gasteiger partial charge in [0, 0.05) is 17.6 Å². The van der Waals surface area contributed by atoms with Crippen LogP contribution < -0.4 is 10.6 Å². The highest BCUT2D eigenvalue weighted by molar-refractivity contribution is 7.98. The molecule has 0 radical (unpaired) electrons. The minimum absolute atomic E-state index is 0.176. The van der Waals surface area contributed by atoms with Crippen LogP contribution in [0.2, 0.25) is 0 Å². The number of carbonyl (C=O) groups is 3. The average molecular weight is 464 g/mol. The van der Waals surface area contributed by atoms with E-state index < -0.39 is 35.6 Å². The van der Waals surface area contributed by atoms with Crippen LogP contribution in [-0.2, 0) is 14.3 Å². The van der Waals surface area contributed by atoms with Gasteiger partial charge in [0.05, 0.1) is 0 Å². The zero-order valence-electron chi connectivity index (χ0n) is 19.5. The number of nitrogens with zero attached hydrogens (tertiary/aromatic N) is 1. The zero-order valence-corrected chi connectivity index (χ0v) is 20.3. The van der Waals surface area contributed by atoms with Gasteiger partial charge in [0.15, 0.2) is 6.04 Å². The van der Waals surface area contributed by atoms with E-state index in [1.54, 1.807) is 46.8 Å². The second-order valence-corrected chi connectivity index (χ2v) is 9.43. The van der Waals surface area contributed by atoms with Gasteiger partial charge >= 0.3 is 6.09 Å². The first-order valence-corrected chi connectivity index (χ1v) is 11.7. The van der Waals surface area contributed by atoms with E-state index in [0.29, 0.717) is 5.75 Å². The summed E-state index contributed by atoms with van der Waals surface area (Å²) in [6.07, 6.45) is 7.05. The third-order valence-corrected chi connectivity index (χ3v) is 4.79. The van der Waals surface area contributed by atoms with E-state index in [0.717, 1.165) is 4.90 Å². The van der Waals surface area contributed by atoms with Gasteiger partial charge in [-0.1, -0.05) is 24.6 Å². The molecule has 3 N–H and O–H groups in total. The summed E-state index contributed by atoms with van der Waals surface area (Å²) in [7, 11) is 0. The van der Waals surface area contributed by atoms with Crippen molar-refractivity contribution in [1.29, 1.82) is 0 Å². The SMILES string of the molecule is C#CN(C(=O)C(CCSC)NC(=O)OC(C)(C)C)C(C(=O)NC(C)C)c1ccccc1O. The van der Waals surface area contributed by atoms with Gasteiger partial charge in [0.25, 0.3) is 5.91 Å². The largest absolute Gasteiger partial charge is 0.508 e. The molecule has 32 heavy (non-hydrogen) atoms. The number of hydrogen-bond acceptors (Lipinski definition) is 6. The van der Waals surface area contributed by atoms with Crippen LogP contribution in [0.1, 0.15) is 52.6 Å². The lowest BCUT2D eigenvalue weighted by molar-refractivity contribution is -0.138. The number of alkyl carbamates (subject to hydrolysis) is 1. The van der Waals surface area contributed by atoms with Gasteiger partial charge in [-0.2, -0.15) is 11.8 Å². The van der Waals surface area contributed by atoms with Gasteiger partial charge in [0.2, 0.25) is 5.91 Å². The number of phenols is 1. The molecule has 0 bridgehead atoms. The van der Waals surface area contributed by atoms with Crippen molar-refractivity contribution in [2.45, 2.75) is 64.8 Å². The number of aromatic hydroxyl groups is 1. The number of hydrogen-bond donors (Lipinski definition) is 3. The number of nitrogens with one attached hydrogen (secondary N) is 2. The monoisotopic (exact) mass is 463 g/mol. The quantitative estimate of drug-likeness (QED) is 0.384. The number of para-hydroxylation sites is 1. The Hall–Kier alpha value is -2.86. The number of phenolic OH excluding ortho intramolecular Hbond substituents is 1. The van der Waals surface area contributed by atoms with E-state index in [1.807, 2.05) is 6.26 Å². The number of carbonyl (C=O) groups excluding carboxylic acids is 3. The van der Waals surface area contributed by atoms with Gasteiger partial charge < -0.3 is 20.5 Å². The first-order chi connectivity index (χ1) is 14.9. The van der Waals surface area contributed by atoms with E-state index in [-0.39, 0.29) is 23.8 Å². The number of terminal acetylenes is 1. The predicted octanol–water partition coefficient (Wildman–Crippen LogP) is 3.02. The van der Waals surface area contributed by atoms with Crippen molar-refractivity contribution >= 4 is 29.7 Å². The molecule has 0 aromatic heterocycles. The molecule has 1 rings (SSSR count). The Labute approximate surface area is 194 Å². The summed E-state index contributed by atoms with van der Waals surface area (Å²) < 4.78 is 5.28. The summed E-state index contributed by atoms with van der Waals surface area (Å²) in [5.41, 5.74) is -0.573. The molecule has 8 nitrogen and oxygen atoms in total. The van der Waals surface area contributed by atoms with Gasteiger partial charge in [-0.3, -0.25) is 14.5 Å². The van der Waals surface area contributed by atoms with Crippen molar-refractivity contribution in [3.8, 4) is 18.2 Å². The zero-order chi connectivity index (χ0) is 24.5. The summed E-state index contributed by atoms with van der Waals surface area (Å²) in [6, 6.07) is 5.91. The normalized spacial score (nSPS) is 12.9. The molecular weight excluding hydrogens is 430 g/mol. The molecule has 1 aromatic carbocycles. The predicted molar refractivity (Wildman–Crippen MR) is 126 cm³/mol. The van der Waals surface area contributed by atoms with Crippen LogP contribution >= 0.6 is 11.8 Å². The molecule has 1 aromatic rings. The molecule has 0 fully saturated rings. The van der Waals surface area contributed by atoms with Gasteiger partial charge in [-0.05, 0) is 59.1 Å². The van der Waals surface area contributed by atoms with Crippen molar-refractivity contribution in [3.63, 3.8) is 0 Å². The Bertz CT molecular complexity index is 845. The first-order valence-electron chi connectivity index (χ1n) is 10.3. The fourth-order valence-electron chi connectivity index (χ4n) is 2.86. The van der Waals surface area contributed by atoms with Crippen LogP contribution in [0.25, 0.3) is 0 Å². The molecule has 0 aliphatic carbocycles. The Morgan fingerprint density at radius 2 is 1.84 bits per heavy atom. The molecule has 0 saturated heterocycles. The summed E-state index contributed by atoms with van der Waals surface area (Å²) in [5.74, 6) is -0.817. The highest BCUT2D eigenvalue weighted by Crippen LogP contribution is 2.29. The maximum Gasteiger partial charge on any atom is 0.408 e. The summed E-state index contributed by atoms with van der Waals surface area (Å²) in [5, 5.41) is 15.7. The molecule has 0 heterocycles. The lowest BCUT2D eigenvalue weighted by atomic mass is 10.0. The molecule has 0 saturated carbocycles. The molecule has 0 aliphatic rings. The van der Waals surface area contributed by atoms with Crippen LogP contribution in [0, 0.1) is 12.5 Å². The Morgan fingerprint density at radius 1 is 1.22 bits per heavy atom. The molecule has 2 atom stereocenters. The van der Waals surface area contributed by atoms with E-state index >= 15 is 0 Å². The summed E-state index contributed by atoms with van der Waals surface area (Å²) in [4.78, 5) is 39.7. The van der Waals surface area contributed by atoms with E-state index in [4.69, 9.17) is 11.2 Å². The maximum atomic E-state index is 13.4. The van der Waals surface area contributed by atoms with E-state index in [2.05, 4.69) is 16.7 Å². The molecule has 3 amide bonds. The minimum Gasteiger partial charge on any atom is -0.508 e. The topological polar surface area (TPSA) is 108 Å². The van der Waals surface area contributed by atoms with Crippen molar-refractivity contribution < 1.29 is 24.2 Å². The highest BCUT2D eigenvalue weighted by atomic mass is 32.2. The van der Waals surface area contributed by atoms with Gasteiger partial charge in [-0.25, -0.2) is 4.79 Å². The average Bonchev–Trinajstić information content (AvgIpc) is 2.67. The fraction of sp³-hybridized carbons (Fsp3) is 0.522. The molecule has 2 unspecified atom stereocenters.